The molecule has 1 aliphatic heterocycles. The SMILES string of the molecule is Cc1nc(N)cc2ccnc(N3CC[C@H]3C)c12. The summed E-state index contributed by atoms with van der Waals surface area (Å²) < 4.78 is 0. The fourth-order valence-electron chi connectivity index (χ4n) is 2.45. The van der Waals surface area contributed by atoms with Crippen molar-refractivity contribution in [2.45, 2.75) is 26.3 Å². The van der Waals surface area contributed by atoms with Crippen molar-refractivity contribution in [1.29, 1.82) is 0 Å². The van der Waals surface area contributed by atoms with Crippen LogP contribution in [0.15, 0.2) is 18.3 Å². The summed E-state index contributed by atoms with van der Waals surface area (Å²) in [6.45, 7) is 5.30. The molecule has 0 spiro atoms. The van der Waals surface area contributed by atoms with Crippen molar-refractivity contribution < 1.29 is 0 Å². The molecule has 4 nitrogen and oxygen atoms in total. The van der Waals surface area contributed by atoms with Crippen LogP contribution in [0.25, 0.3) is 10.8 Å². The van der Waals surface area contributed by atoms with Crippen LogP contribution in [0.4, 0.5) is 11.6 Å². The van der Waals surface area contributed by atoms with E-state index in [2.05, 4.69) is 21.8 Å². The first-order valence-corrected chi connectivity index (χ1v) is 5.95. The highest BCUT2D eigenvalue weighted by molar-refractivity contribution is 5.95. The van der Waals surface area contributed by atoms with Crippen LogP contribution in [0.1, 0.15) is 19.0 Å². The lowest BCUT2D eigenvalue weighted by Crippen LogP contribution is -2.46. The van der Waals surface area contributed by atoms with Gasteiger partial charge in [0.2, 0.25) is 0 Å². The quantitative estimate of drug-likeness (QED) is 0.812. The maximum Gasteiger partial charge on any atom is 0.138 e. The standard InChI is InChI=1S/C13H16N4/c1-8-4-6-17(8)13-12-9(2)16-11(14)7-10(12)3-5-15-13/h3,5,7-8H,4,6H2,1-2H3,(H2,14,16)/t8-/m1/s1. The van der Waals surface area contributed by atoms with Crippen LogP contribution in [0, 0.1) is 6.92 Å². The monoisotopic (exact) mass is 228 g/mol. The van der Waals surface area contributed by atoms with Gasteiger partial charge in [-0.2, -0.15) is 0 Å². The van der Waals surface area contributed by atoms with Crippen molar-refractivity contribution in [1.82, 2.24) is 9.97 Å². The Bertz CT molecular complexity index is 579. The van der Waals surface area contributed by atoms with Gasteiger partial charge in [-0.1, -0.05) is 0 Å². The van der Waals surface area contributed by atoms with Crippen LogP contribution in [0.2, 0.25) is 0 Å². The molecule has 0 radical (unpaired) electrons. The van der Waals surface area contributed by atoms with E-state index >= 15 is 0 Å². The van der Waals surface area contributed by atoms with Crippen LogP contribution in [-0.2, 0) is 0 Å². The van der Waals surface area contributed by atoms with E-state index in [1.807, 2.05) is 25.3 Å². The average Bonchev–Trinajstić information content (AvgIpc) is 2.26. The zero-order chi connectivity index (χ0) is 12.0. The Balaban J connectivity index is 2.25. The normalized spacial score (nSPS) is 19.4. The van der Waals surface area contributed by atoms with E-state index in [0.717, 1.165) is 28.8 Å². The number of anilines is 2. The number of nitrogens with zero attached hydrogens (tertiary/aromatic N) is 3. The second kappa shape index (κ2) is 3.58. The van der Waals surface area contributed by atoms with E-state index in [0.29, 0.717) is 11.9 Å². The van der Waals surface area contributed by atoms with E-state index in [4.69, 9.17) is 5.73 Å². The Morgan fingerprint density at radius 1 is 1.47 bits per heavy atom. The smallest absolute Gasteiger partial charge is 0.138 e. The predicted molar refractivity (Wildman–Crippen MR) is 70.1 cm³/mol. The molecule has 1 saturated heterocycles. The van der Waals surface area contributed by atoms with Crippen molar-refractivity contribution in [2.24, 2.45) is 0 Å². The number of nitrogen functional groups attached to an aromatic ring is 1. The van der Waals surface area contributed by atoms with Gasteiger partial charge in [0.25, 0.3) is 0 Å². The molecule has 2 aromatic heterocycles. The second-order valence-corrected chi connectivity index (χ2v) is 4.70. The largest absolute Gasteiger partial charge is 0.384 e. The van der Waals surface area contributed by atoms with Crippen LogP contribution in [-0.4, -0.2) is 22.6 Å². The average molecular weight is 228 g/mol. The van der Waals surface area contributed by atoms with Gasteiger partial charge in [0, 0.05) is 24.2 Å². The zero-order valence-electron chi connectivity index (χ0n) is 10.1. The molecule has 3 rings (SSSR count). The first kappa shape index (κ1) is 10.3. The highest BCUT2D eigenvalue weighted by atomic mass is 15.3. The third-order valence-electron chi connectivity index (χ3n) is 3.52. The van der Waals surface area contributed by atoms with Gasteiger partial charge in [-0.3, -0.25) is 0 Å². The minimum atomic E-state index is 0.573. The summed E-state index contributed by atoms with van der Waals surface area (Å²) in [5.74, 6) is 1.62. The third kappa shape index (κ3) is 1.52. The van der Waals surface area contributed by atoms with E-state index in [9.17, 15) is 0 Å². The fraction of sp³-hybridized carbons (Fsp3) is 0.385. The molecule has 0 bridgehead atoms. The topological polar surface area (TPSA) is 55.0 Å². The summed E-state index contributed by atoms with van der Waals surface area (Å²) in [7, 11) is 0. The van der Waals surface area contributed by atoms with Crippen molar-refractivity contribution in [3.63, 3.8) is 0 Å². The van der Waals surface area contributed by atoms with Gasteiger partial charge in [-0.15, -0.1) is 0 Å². The third-order valence-corrected chi connectivity index (χ3v) is 3.52. The van der Waals surface area contributed by atoms with Gasteiger partial charge in [0.1, 0.15) is 11.6 Å². The van der Waals surface area contributed by atoms with E-state index < -0.39 is 0 Å². The Labute approximate surface area is 100 Å². The highest BCUT2D eigenvalue weighted by Gasteiger charge is 2.26. The zero-order valence-corrected chi connectivity index (χ0v) is 10.1. The Morgan fingerprint density at radius 3 is 2.94 bits per heavy atom. The molecule has 0 amide bonds. The van der Waals surface area contributed by atoms with Crippen LogP contribution in [0.3, 0.4) is 0 Å². The number of aromatic nitrogens is 2. The molecule has 3 heterocycles. The number of fused-ring (bicyclic) bond motifs is 1. The molecule has 0 saturated carbocycles. The van der Waals surface area contributed by atoms with Gasteiger partial charge in [0.05, 0.1) is 5.69 Å². The molecule has 1 fully saturated rings. The summed E-state index contributed by atoms with van der Waals surface area (Å²) in [6.07, 6.45) is 3.08. The van der Waals surface area contributed by atoms with E-state index in [-0.39, 0.29) is 0 Å². The predicted octanol–water partition coefficient (Wildman–Crippen LogP) is 2.12. The first-order valence-electron chi connectivity index (χ1n) is 5.95. The molecule has 0 aromatic carbocycles. The first-order chi connectivity index (χ1) is 8.16. The number of pyridine rings is 2. The van der Waals surface area contributed by atoms with Gasteiger partial charge in [-0.25, -0.2) is 9.97 Å². The highest BCUT2D eigenvalue weighted by Crippen LogP contribution is 2.32. The summed E-state index contributed by atoms with van der Waals surface area (Å²) >= 11 is 0. The van der Waals surface area contributed by atoms with E-state index in [1.54, 1.807) is 0 Å². The maximum absolute atomic E-state index is 5.78. The fourth-order valence-corrected chi connectivity index (χ4v) is 2.45. The summed E-state index contributed by atoms with van der Waals surface area (Å²) in [5, 5.41) is 2.26. The molecule has 0 unspecified atom stereocenters. The second-order valence-electron chi connectivity index (χ2n) is 4.70. The maximum atomic E-state index is 5.78. The lowest BCUT2D eigenvalue weighted by molar-refractivity contribution is 0.478. The summed E-state index contributed by atoms with van der Waals surface area (Å²) in [5.41, 5.74) is 6.74. The van der Waals surface area contributed by atoms with Gasteiger partial charge < -0.3 is 10.6 Å². The van der Waals surface area contributed by atoms with Gasteiger partial charge in [-0.05, 0) is 37.8 Å². The van der Waals surface area contributed by atoms with Crippen LogP contribution < -0.4 is 10.6 Å². The Hall–Kier alpha value is -1.84. The van der Waals surface area contributed by atoms with E-state index in [1.165, 1.54) is 6.42 Å². The van der Waals surface area contributed by atoms with Crippen molar-refractivity contribution in [3.8, 4) is 0 Å². The number of hydrogen-bond acceptors (Lipinski definition) is 4. The van der Waals surface area contributed by atoms with Gasteiger partial charge >= 0.3 is 0 Å². The molecule has 88 valence electrons. The molecule has 17 heavy (non-hydrogen) atoms. The summed E-state index contributed by atoms with van der Waals surface area (Å²) in [6, 6.07) is 4.48. The van der Waals surface area contributed by atoms with Crippen LogP contribution >= 0.6 is 0 Å². The molecule has 1 atom stereocenters. The molecular weight excluding hydrogens is 212 g/mol. The number of aryl methyl sites for hydroxylation is 1. The lowest BCUT2D eigenvalue weighted by Gasteiger charge is -2.40. The Morgan fingerprint density at radius 2 is 2.29 bits per heavy atom. The molecule has 1 aliphatic rings. The minimum Gasteiger partial charge on any atom is -0.384 e. The number of nitrogens with two attached hydrogens (primary N) is 1. The number of rotatable bonds is 1. The molecule has 0 aliphatic carbocycles. The molecular formula is C13H16N4. The molecule has 4 heteroatoms. The van der Waals surface area contributed by atoms with Gasteiger partial charge in [0.15, 0.2) is 0 Å². The summed E-state index contributed by atoms with van der Waals surface area (Å²) in [4.78, 5) is 11.2. The Kier molecular flexibility index (Phi) is 2.18. The number of hydrogen-bond donors (Lipinski definition) is 1. The molecule has 2 aromatic rings. The minimum absolute atomic E-state index is 0.573. The van der Waals surface area contributed by atoms with Crippen molar-refractivity contribution in [3.05, 3.63) is 24.0 Å². The van der Waals surface area contributed by atoms with Crippen molar-refractivity contribution in [2.75, 3.05) is 17.2 Å². The van der Waals surface area contributed by atoms with Crippen molar-refractivity contribution >= 4 is 22.4 Å². The van der Waals surface area contributed by atoms with Crippen LogP contribution in [0.5, 0.6) is 0 Å². The molecule has 2 N–H and O–H groups in total. The lowest BCUT2D eigenvalue weighted by atomic mass is 10.0.